The number of nitrogens with one attached hydrogen (secondary N) is 1. The Hall–Kier alpha value is -0.910. The normalized spacial score (nSPS) is 26.1. The van der Waals surface area contributed by atoms with Crippen LogP contribution in [0.1, 0.15) is 38.4 Å². The lowest BCUT2D eigenvalue weighted by Crippen LogP contribution is -2.41. The lowest BCUT2D eigenvalue weighted by molar-refractivity contribution is -0.134. The van der Waals surface area contributed by atoms with Crippen LogP contribution in [0.25, 0.3) is 0 Å². The van der Waals surface area contributed by atoms with Gasteiger partial charge in [-0.3, -0.25) is 10.1 Å². The van der Waals surface area contributed by atoms with Crippen molar-refractivity contribution in [2.24, 2.45) is 0 Å². The van der Waals surface area contributed by atoms with Crippen molar-refractivity contribution >= 4 is 17.2 Å². The van der Waals surface area contributed by atoms with Gasteiger partial charge >= 0.3 is 0 Å². The third kappa shape index (κ3) is 2.20. The standard InChI is InChI=1S/C14H20N2O2S/c1-3-18-8-10(2)16-12(11-4-7-19-9-11)15-14(5-6-14)13(16)17/h4,7,9-10,12,15H,3,5-6,8H2,1-2H3. The molecule has 4 nitrogen and oxygen atoms in total. The van der Waals surface area contributed by atoms with Crippen LogP contribution in [-0.2, 0) is 9.53 Å². The summed E-state index contributed by atoms with van der Waals surface area (Å²) in [6, 6.07) is 2.20. The first-order valence-electron chi connectivity index (χ1n) is 6.88. The SMILES string of the molecule is CCOCC(C)N1C(=O)C2(CC2)NC1c1ccsc1. The highest BCUT2D eigenvalue weighted by atomic mass is 32.1. The summed E-state index contributed by atoms with van der Waals surface area (Å²) in [5.74, 6) is 0.246. The monoisotopic (exact) mass is 280 g/mol. The number of hydrogen-bond donors (Lipinski definition) is 1. The number of rotatable bonds is 5. The van der Waals surface area contributed by atoms with Crippen LogP contribution in [0.2, 0.25) is 0 Å². The van der Waals surface area contributed by atoms with Crippen LogP contribution < -0.4 is 5.32 Å². The van der Waals surface area contributed by atoms with E-state index in [0.29, 0.717) is 13.2 Å². The first-order chi connectivity index (χ1) is 9.18. The van der Waals surface area contributed by atoms with Gasteiger partial charge in [-0.05, 0) is 49.1 Å². The molecule has 104 valence electrons. The zero-order valence-corrected chi connectivity index (χ0v) is 12.2. The zero-order chi connectivity index (χ0) is 13.5. The number of hydrogen-bond acceptors (Lipinski definition) is 4. The van der Waals surface area contributed by atoms with E-state index in [1.807, 2.05) is 11.8 Å². The van der Waals surface area contributed by atoms with Gasteiger partial charge in [0.25, 0.3) is 0 Å². The fourth-order valence-electron chi connectivity index (χ4n) is 2.74. The van der Waals surface area contributed by atoms with Crippen LogP contribution in [0.3, 0.4) is 0 Å². The number of amides is 1. The Kier molecular flexibility index (Phi) is 3.37. The molecule has 2 fully saturated rings. The molecule has 19 heavy (non-hydrogen) atoms. The first kappa shape index (κ1) is 13.1. The molecular weight excluding hydrogens is 260 g/mol. The fraction of sp³-hybridized carbons (Fsp3) is 0.643. The maximum absolute atomic E-state index is 12.6. The van der Waals surface area contributed by atoms with E-state index in [1.54, 1.807) is 11.3 Å². The van der Waals surface area contributed by atoms with Gasteiger partial charge in [-0.25, -0.2) is 0 Å². The highest BCUT2D eigenvalue weighted by Gasteiger charge is 2.60. The van der Waals surface area contributed by atoms with Crippen molar-refractivity contribution in [3.63, 3.8) is 0 Å². The van der Waals surface area contributed by atoms with Crippen LogP contribution in [-0.4, -0.2) is 35.6 Å². The van der Waals surface area contributed by atoms with E-state index < -0.39 is 0 Å². The van der Waals surface area contributed by atoms with Crippen LogP contribution in [0, 0.1) is 0 Å². The molecule has 5 heteroatoms. The topological polar surface area (TPSA) is 41.6 Å². The second-order valence-corrected chi connectivity index (χ2v) is 6.19. The van der Waals surface area contributed by atoms with Crippen LogP contribution in [0.5, 0.6) is 0 Å². The Balaban J connectivity index is 1.83. The molecule has 0 bridgehead atoms. The van der Waals surface area contributed by atoms with E-state index in [4.69, 9.17) is 4.74 Å². The molecule has 1 aliphatic heterocycles. The Morgan fingerprint density at radius 2 is 2.42 bits per heavy atom. The first-order valence-corrected chi connectivity index (χ1v) is 7.82. The minimum Gasteiger partial charge on any atom is -0.380 e. The second-order valence-electron chi connectivity index (χ2n) is 5.41. The largest absolute Gasteiger partial charge is 0.380 e. The van der Waals surface area contributed by atoms with Crippen molar-refractivity contribution in [3.05, 3.63) is 22.4 Å². The third-order valence-electron chi connectivity index (χ3n) is 3.98. The molecule has 2 atom stereocenters. The molecule has 1 amide bonds. The lowest BCUT2D eigenvalue weighted by Gasteiger charge is -2.29. The second kappa shape index (κ2) is 4.89. The molecule has 1 spiro atoms. The minimum atomic E-state index is -0.271. The van der Waals surface area contributed by atoms with E-state index in [9.17, 15) is 4.79 Å². The summed E-state index contributed by atoms with van der Waals surface area (Å²) in [7, 11) is 0. The predicted molar refractivity (Wildman–Crippen MR) is 75.0 cm³/mol. The zero-order valence-electron chi connectivity index (χ0n) is 11.4. The summed E-state index contributed by atoms with van der Waals surface area (Å²) in [6.07, 6.45) is 1.94. The maximum atomic E-state index is 12.6. The van der Waals surface area contributed by atoms with Crippen molar-refractivity contribution < 1.29 is 9.53 Å². The Labute approximate surface area is 117 Å². The summed E-state index contributed by atoms with van der Waals surface area (Å²) in [6.45, 7) is 5.33. The molecule has 3 rings (SSSR count). The van der Waals surface area contributed by atoms with Gasteiger partial charge in [0.2, 0.25) is 5.91 Å². The van der Waals surface area contributed by atoms with E-state index in [0.717, 1.165) is 12.8 Å². The average Bonchev–Trinajstić information content (AvgIpc) is 2.87. The van der Waals surface area contributed by atoms with E-state index in [-0.39, 0.29) is 23.7 Å². The van der Waals surface area contributed by atoms with Crippen molar-refractivity contribution in [1.29, 1.82) is 0 Å². The van der Waals surface area contributed by atoms with Crippen LogP contribution in [0.15, 0.2) is 16.8 Å². The van der Waals surface area contributed by atoms with Gasteiger partial charge in [0, 0.05) is 6.61 Å². The van der Waals surface area contributed by atoms with Crippen LogP contribution in [0.4, 0.5) is 0 Å². The maximum Gasteiger partial charge on any atom is 0.244 e. The van der Waals surface area contributed by atoms with Gasteiger partial charge in [0.15, 0.2) is 0 Å². The lowest BCUT2D eigenvalue weighted by atomic mass is 10.2. The van der Waals surface area contributed by atoms with Crippen molar-refractivity contribution in [3.8, 4) is 0 Å². The quantitative estimate of drug-likeness (QED) is 0.898. The molecule has 0 aromatic carbocycles. The summed E-state index contributed by atoms with van der Waals surface area (Å²) >= 11 is 1.67. The third-order valence-corrected chi connectivity index (χ3v) is 4.68. The Morgan fingerprint density at radius 3 is 3.00 bits per heavy atom. The number of nitrogens with zero attached hydrogens (tertiary/aromatic N) is 1. The van der Waals surface area contributed by atoms with Gasteiger partial charge in [-0.15, -0.1) is 0 Å². The van der Waals surface area contributed by atoms with Gasteiger partial charge in [0.05, 0.1) is 12.6 Å². The molecule has 1 aliphatic carbocycles. The van der Waals surface area contributed by atoms with Crippen molar-refractivity contribution in [1.82, 2.24) is 10.2 Å². The van der Waals surface area contributed by atoms with Crippen LogP contribution >= 0.6 is 11.3 Å². The van der Waals surface area contributed by atoms with Gasteiger partial charge in [-0.2, -0.15) is 11.3 Å². The summed E-state index contributed by atoms with van der Waals surface area (Å²) in [5, 5.41) is 7.71. The molecule has 1 aromatic rings. The molecule has 0 radical (unpaired) electrons. The predicted octanol–water partition coefficient (Wildman–Crippen LogP) is 2.14. The molecule has 2 unspecified atom stereocenters. The Morgan fingerprint density at radius 1 is 1.63 bits per heavy atom. The van der Waals surface area contributed by atoms with Gasteiger partial charge in [-0.1, -0.05) is 0 Å². The summed E-state index contributed by atoms with van der Waals surface area (Å²) in [5.41, 5.74) is 0.915. The highest BCUT2D eigenvalue weighted by Crippen LogP contribution is 2.46. The van der Waals surface area contributed by atoms with E-state index >= 15 is 0 Å². The fourth-order valence-corrected chi connectivity index (χ4v) is 3.42. The summed E-state index contributed by atoms with van der Waals surface area (Å²) in [4.78, 5) is 14.6. The summed E-state index contributed by atoms with van der Waals surface area (Å²) < 4.78 is 5.49. The van der Waals surface area contributed by atoms with E-state index in [1.165, 1.54) is 5.56 Å². The number of ether oxygens (including phenoxy) is 1. The van der Waals surface area contributed by atoms with Gasteiger partial charge in [0.1, 0.15) is 11.7 Å². The van der Waals surface area contributed by atoms with Gasteiger partial charge < -0.3 is 9.64 Å². The van der Waals surface area contributed by atoms with Crippen molar-refractivity contribution in [2.75, 3.05) is 13.2 Å². The average molecular weight is 280 g/mol. The smallest absolute Gasteiger partial charge is 0.244 e. The van der Waals surface area contributed by atoms with Crippen molar-refractivity contribution in [2.45, 2.75) is 44.4 Å². The highest BCUT2D eigenvalue weighted by molar-refractivity contribution is 7.07. The molecule has 1 saturated heterocycles. The minimum absolute atomic E-state index is 0.0108. The molecule has 2 aliphatic rings. The molecule has 1 N–H and O–H groups in total. The number of carbonyl (C=O) groups is 1. The number of carbonyl (C=O) groups excluding carboxylic acids is 1. The molecule has 2 heterocycles. The Bertz CT molecular complexity index is 456. The van der Waals surface area contributed by atoms with E-state index in [2.05, 4.69) is 29.1 Å². The molecular formula is C14H20N2O2S. The molecule has 1 aromatic heterocycles. The number of thiophene rings is 1. The molecule has 1 saturated carbocycles.